The first kappa shape index (κ1) is 12.4. The number of amides is 2. The van der Waals surface area contributed by atoms with Crippen LogP contribution < -0.4 is 5.32 Å². The number of nitrogens with one attached hydrogen (secondary N) is 1. The molecule has 5 nitrogen and oxygen atoms in total. The third-order valence-corrected chi connectivity index (χ3v) is 2.93. The van der Waals surface area contributed by atoms with Crippen LogP contribution in [0, 0.1) is 0 Å². The maximum Gasteiger partial charge on any atom is 0.247 e. The zero-order chi connectivity index (χ0) is 13.0. The summed E-state index contributed by atoms with van der Waals surface area (Å²) < 4.78 is 5.11. The normalized spacial score (nSPS) is 20.2. The van der Waals surface area contributed by atoms with Crippen LogP contribution in [0.1, 0.15) is 19.1 Å². The van der Waals surface area contributed by atoms with E-state index in [1.807, 2.05) is 6.92 Å². The van der Waals surface area contributed by atoms with Gasteiger partial charge in [0.15, 0.2) is 0 Å². The predicted molar refractivity (Wildman–Crippen MR) is 66.5 cm³/mol. The van der Waals surface area contributed by atoms with E-state index in [1.165, 1.54) is 6.08 Å². The highest BCUT2D eigenvalue weighted by molar-refractivity contribution is 5.96. The molecule has 0 bridgehead atoms. The molecule has 1 aromatic rings. The molecule has 18 heavy (non-hydrogen) atoms. The summed E-state index contributed by atoms with van der Waals surface area (Å²) in [7, 11) is 0. The Morgan fingerprint density at radius 1 is 1.67 bits per heavy atom. The first-order valence-electron chi connectivity index (χ1n) is 6.02. The Morgan fingerprint density at radius 2 is 2.50 bits per heavy atom. The van der Waals surface area contributed by atoms with Crippen LogP contribution in [0.5, 0.6) is 0 Å². The largest absolute Gasteiger partial charge is 0.465 e. The van der Waals surface area contributed by atoms with Crippen LogP contribution in [0.15, 0.2) is 28.9 Å². The number of hydrogen-bond acceptors (Lipinski definition) is 3. The van der Waals surface area contributed by atoms with Gasteiger partial charge in [-0.2, -0.15) is 0 Å². The SMILES string of the molecule is CC[C@@H]1C(=O)NCCN1C(=O)/C=C/c1ccco1. The van der Waals surface area contributed by atoms with E-state index in [9.17, 15) is 9.59 Å². The van der Waals surface area contributed by atoms with Crippen LogP contribution in [0.4, 0.5) is 0 Å². The second-order valence-corrected chi connectivity index (χ2v) is 4.10. The average molecular weight is 248 g/mol. The topological polar surface area (TPSA) is 62.6 Å². The monoisotopic (exact) mass is 248 g/mol. The molecule has 0 aliphatic carbocycles. The Bertz CT molecular complexity index is 451. The molecular weight excluding hydrogens is 232 g/mol. The highest BCUT2D eigenvalue weighted by Gasteiger charge is 2.30. The fourth-order valence-corrected chi connectivity index (χ4v) is 2.02. The van der Waals surface area contributed by atoms with Crippen LogP contribution in [-0.4, -0.2) is 35.8 Å². The number of carbonyl (C=O) groups excluding carboxylic acids is 2. The van der Waals surface area contributed by atoms with E-state index >= 15 is 0 Å². The molecule has 1 N–H and O–H groups in total. The van der Waals surface area contributed by atoms with E-state index in [0.29, 0.717) is 25.3 Å². The van der Waals surface area contributed by atoms with Gasteiger partial charge >= 0.3 is 0 Å². The van der Waals surface area contributed by atoms with Gasteiger partial charge < -0.3 is 14.6 Å². The second kappa shape index (κ2) is 5.53. The first-order chi connectivity index (χ1) is 8.72. The van der Waals surface area contributed by atoms with Crippen LogP contribution in [0.25, 0.3) is 6.08 Å². The smallest absolute Gasteiger partial charge is 0.247 e. The lowest BCUT2D eigenvalue weighted by Gasteiger charge is -2.33. The van der Waals surface area contributed by atoms with Crippen molar-refractivity contribution in [3.05, 3.63) is 30.2 Å². The Balaban J connectivity index is 2.05. The van der Waals surface area contributed by atoms with Gasteiger partial charge in [-0.25, -0.2) is 0 Å². The maximum absolute atomic E-state index is 12.0. The molecule has 0 aromatic carbocycles. The Kier molecular flexibility index (Phi) is 3.82. The first-order valence-corrected chi connectivity index (χ1v) is 6.02. The molecule has 2 amide bonds. The van der Waals surface area contributed by atoms with Gasteiger partial charge in [0.05, 0.1) is 6.26 Å². The van der Waals surface area contributed by atoms with Crippen molar-refractivity contribution in [3.8, 4) is 0 Å². The Hall–Kier alpha value is -2.04. The fourth-order valence-electron chi connectivity index (χ4n) is 2.02. The third-order valence-electron chi connectivity index (χ3n) is 2.93. The van der Waals surface area contributed by atoms with Crippen molar-refractivity contribution in [1.82, 2.24) is 10.2 Å². The fraction of sp³-hybridized carbons (Fsp3) is 0.385. The lowest BCUT2D eigenvalue weighted by atomic mass is 10.1. The summed E-state index contributed by atoms with van der Waals surface area (Å²) >= 11 is 0. The molecule has 96 valence electrons. The van der Waals surface area contributed by atoms with Gasteiger partial charge in [0, 0.05) is 19.2 Å². The molecule has 2 rings (SSSR count). The van der Waals surface area contributed by atoms with Gasteiger partial charge in [-0.05, 0) is 24.6 Å². The van der Waals surface area contributed by atoms with Crippen molar-refractivity contribution in [2.75, 3.05) is 13.1 Å². The van der Waals surface area contributed by atoms with Crippen LogP contribution in [0.2, 0.25) is 0 Å². The maximum atomic E-state index is 12.0. The van der Waals surface area contributed by atoms with Gasteiger partial charge in [0.2, 0.25) is 11.8 Å². The molecule has 1 aliphatic heterocycles. The molecule has 0 unspecified atom stereocenters. The number of furan rings is 1. The van der Waals surface area contributed by atoms with Crippen molar-refractivity contribution < 1.29 is 14.0 Å². The minimum atomic E-state index is -0.368. The van der Waals surface area contributed by atoms with Crippen molar-refractivity contribution >= 4 is 17.9 Å². The van der Waals surface area contributed by atoms with E-state index in [-0.39, 0.29) is 17.9 Å². The zero-order valence-corrected chi connectivity index (χ0v) is 10.3. The van der Waals surface area contributed by atoms with Crippen molar-refractivity contribution in [1.29, 1.82) is 0 Å². The Morgan fingerprint density at radius 3 is 3.17 bits per heavy atom. The van der Waals surface area contributed by atoms with E-state index in [4.69, 9.17) is 4.42 Å². The second-order valence-electron chi connectivity index (χ2n) is 4.10. The summed E-state index contributed by atoms with van der Waals surface area (Å²) in [4.78, 5) is 25.2. The minimum absolute atomic E-state index is 0.0801. The number of rotatable bonds is 3. The molecule has 1 aliphatic rings. The quantitative estimate of drug-likeness (QED) is 0.813. The average Bonchev–Trinajstić information content (AvgIpc) is 2.88. The molecule has 1 aromatic heterocycles. The van der Waals surface area contributed by atoms with E-state index < -0.39 is 0 Å². The molecule has 1 saturated heterocycles. The van der Waals surface area contributed by atoms with Gasteiger partial charge in [0.1, 0.15) is 11.8 Å². The highest BCUT2D eigenvalue weighted by atomic mass is 16.3. The van der Waals surface area contributed by atoms with Gasteiger partial charge in [-0.3, -0.25) is 9.59 Å². The van der Waals surface area contributed by atoms with Gasteiger partial charge in [-0.1, -0.05) is 6.92 Å². The minimum Gasteiger partial charge on any atom is -0.465 e. The molecule has 1 fully saturated rings. The summed E-state index contributed by atoms with van der Waals surface area (Å²) in [6.07, 6.45) is 5.22. The van der Waals surface area contributed by atoms with Crippen molar-refractivity contribution in [2.45, 2.75) is 19.4 Å². The zero-order valence-electron chi connectivity index (χ0n) is 10.3. The van der Waals surface area contributed by atoms with Crippen LogP contribution in [0.3, 0.4) is 0 Å². The Labute approximate surface area is 105 Å². The van der Waals surface area contributed by atoms with Gasteiger partial charge in [-0.15, -0.1) is 0 Å². The summed E-state index contributed by atoms with van der Waals surface area (Å²) in [5.41, 5.74) is 0. The summed E-state index contributed by atoms with van der Waals surface area (Å²) in [6.45, 7) is 2.95. The van der Waals surface area contributed by atoms with Crippen molar-refractivity contribution in [3.63, 3.8) is 0 Å². The summed E-state index contributed by atoms with van der Waals surface area (Å²) in [5.74, 6) is 0.384. The van der Waals surface area contributed by atoms with Gasteiger partial charge in [0.25, 0.3) is 0 Å². The van der Waals surface area contributed by atoms with Crippen molar-refractivity contribution in [2.24, 2.45) is 0 Å². The summed E-state index contributed by atoms with van der Waals surface area (Å²) in [5, 5.41) is 2.76. The highest BCUT2D eigenvalue weighted by Crippen LogP contribution is 2.10. The van der Waals surface area contributed by atoms with E-state index in [2.05, 4.69) is 5.32 Å². The number of piperazine rings is 1. The lowest BCUT2D eigenvalue weighted by molar-refractivity contribution is -0.140. The standard InChI is InChI=1S/C13H16N2O3/c1-2-11-13(17)14-7-8-15(11)12(16)6-5-10-4-3-9-18-10/h3-6,9,11H,2,7-8H2,1H3,(H,14,17)/b6-5+/t11-/m1/s1. The van der Waals surface area contributed by atoms with Crippen LogP contribution >= 0.6 is 0 Å². The number of carbonyl (C=O) groups is 2. The third kappa shape index (κ3) is 2.61. The lowest BCUT2D eigenvalue weighted by Crippen LogP contribution is -2.56. The molecule has 0 radical (unpaired) electrons. The summed E-state index contributed by atoms with van der Waals surface area (Å²) in [6, 6.07) is 3.16. The van der Waals surface area contributed by atoms with E-state index in [0.717, 1.165) is 0 Å². The predicted octanol–water partition coefficient (Wildman–Crippen LogP) is 1.03. The van der Waals surface area contributed by atoms with Crippen LogP contribution in [-0.2, 0) is 9.59 Å². The molecular formula is C13H16N2O3. The number of nitrogens with zero attached hydrogens (tertiary/aromatic N) is 1. The van der Waals surface area contributed by atoms with E-state index in [1.54, 1.807) is 29.4 Å². The molecule has 5 heteroatoms. The molecule has 0 saturated carbocycles. The number of hydrogen-bond donors (Lipinski definition) is 1. The molecule has 0 spiro atoms. The molecule has 1 atom stereocenters. The molecule has 2 heterocycles.